The lowest BCUT2D eigenvalue weighted by Crippen LogP contribution is -2.30. The van der Waals surface area contributed by atoms with Crippen LogP contribution in [-0.4, -0.2) is 11.8 Å². The summed E-state index contributed by atoms with van der Waals surface area (Å²) in [6, 6.07) is 21.3. The maximum Gasteiger partial charge on any atom is 0.237 e. The van der Waals surface area contributed by atoms with E-state index in [4.69, 9.17) is 4.74 Å². The highest BCUT2D eigenvalue weighted by atomic mass is 16.5. The third-order valence-electron chi connectivity index (χ3n) is 5.89. The molecule has 28 heavy (non-hydrogen) atoms. The molecule has 4 nitrogen and oxygen atoms in total. The van der Waals surface area contributed by atoms with Gasteiger partial charge in [0.05, 0.1) is 17.5 Å². The van der Waals surface area contributed by atoms with E-state index in [1.54, 1.807) is 12.1 Å². The number of anilines is 1. The molecule has 0 unspecified atom stereocenters. The van der Waals surface area contributed by atoms with Crippen molar-refractivity contribution < 1.29 is 14.3 Å². The molecule has 1 saturated heterocycles. The first-order valence-electron chi connectivity index (χ1n) is 9.85. The zero-order valence-electron chi connectivity index (χ0n) is 15.5. The SMILES string of the molecule is O=C1[C@@H]2CCCC[C@H]2C(=O)N1c1ccc(Oc2ccc3ccccc3c2)cc1. The molecule has 4 heteroatoms. The monoisotopic (exact) mass is 371 g/mol. The van der Waals surface area contributed by atoms with Gasteiger partial charge in [-0.1, -0.05) is 43.2 Å². The average molecular weight is 371 g/mol. The van der Waals surface area contributed by atoms with Crippen LogP contribution >= 0.6 is 0 Å². The second kappa shape index (κ2) is 6.79. The standard InChI is InChI=1S/C24H21NO3/c26-23-21-7-3-4-8-22(21)24(27)25(23)18-10-13-19(14-11-18)28-20-12-9-16-5-1-2-6-17(16)15-20/h1-2,5-6,9-15,21-22H,3-4,7-8H2/t21-,22-/m1/s1. The van der Waals surface area contributed by atoms with E-state index < -0.39 is 0 Å². The summed E-state index contributed by atoms with van der Waals surface area (Å²) in [6.45, 7) is 0. The second-order valence-electron chi connectivity index (χ2n) is 7.61. The lowest BCUT2D eigenvalue weighted by atomic mass is 9.81. The average Bonchev–Trinajstić information content (AvgIpc) is 2.99. The van der Waals surface area contributed by atoms with Crippen molar-refractivity contribution in [1.29, 1.82) is 0 Å². The normalized spacial score (nSPS) is 21.8. The van der Waals surface area contributed by atoms with E-state index in [0.717, 1.165) is 42.2 Å². The van der Waals surface area contributed by atoms with Gasteiger partial charge in [-0.2, -0.15) is 0 Å². The highest BCUT2D eigenvalue weighted by Crippen LogP contribution is 2.40. The summed E-state index contributed by atoms with van der Waals surface area (Å²) in [5.74, 6) is 1.08. The van der Waals surface area contributed by atoms with E-state index in [2.05, 4.69) is 12.1 Å². The number of hydrogen-bond donors (Lipinski definition) is 0. The number of imide groups is 1. The van der Waals surface area contributed by atoms with Crippen molar-refractivity contribution in [3.63, 3.8) is 0 Å². The molecule has 2 aliphatic rings. The number of rotatable bonds is 3. The van der Waals surface area contributed by atoms with Crippen LogP contribution < -0.4 is 9.64 Å². The Morgan fingerprint density at radius 3 is 2.00 bits per heavy atom. The Labute approximate surface area is 163 Å². The Morgan fingerprint density at radius 1 is 0.714 bits per heavy atom. The van der Waals surface area contributed by atoms with Crippen LogP contribution in [0.4, 0.5) is 5.69 Å². The molecule has 0 aromatic heterocycles. The van der Waals surface area contributed by atoms with Crippen LogP contribution in [0.5, 0.6) is 11.5 Å². The number of ether oxygens (including phenoxy) is 1. The van der Waals surface area contributed by atoms with E-state index in [9.17, 15) is 9.59 Å². The van der Waals surface area contributed by atoms with E-state index in [0.29, 0.717) is 11.4 Å². The molecule has 2 amide bonds. The van der Waals surface area contributed by atoms with Crippen LogP contribution in [0.15, 0.2) is 66.7 Å². The third-order valence-corrected chi connectivity index (χ3v) is 5.89. The number of carbonyl (C=O) groups is 2. The summed E-state index contributed by atoms with van der Waals surface area (Å²) in [6.07, 6.45) is 3.73. The van der Waals surface area contributed by atoms with Gasteiger partial charge in [0.25, 0.3) is 0 Å². The number of amides is 2. The summed E-state index contributed by atoms with van der Waals surface area (Å²) in [4.78, 5) is 26.8. The predicted molar refractivity (Wildman–Crippen MR) is 108 cm³/mol. The van der Waals surface area contributed by atoms with Gasteiger partial charge in [-0.25, -0.2) is 0 Å². The molecule has 0 spiro atoms. The quantitative estimate of drug-likeness (QED) is 0.586. The Kier molecular flexibility index (Phi) is 4.12. The predicted octanol–water partition coefficient (Wildman–Crippen LogP) is 5.31. The molecule has 1 heterocycles. The fourth-order valence-corrected chi connectivity index (χ4v) is 4.45. The zero-order valence-corrected chi connectivity index (χ0v) is 15.5. The van der Waals surface area contributed by atoms with Gasteiger partial charge in [0, 0.05) is 0 Å². The van der Waals surface area contributed by atoms with Crippen LogP contribution in [0.25, 0.3) is 10.8 Å². The number of hydrogen-bond acceptors (Lipinski definition) is 3. The van der Waals surface area contributed by atoms with Crippen molar-refractivity contribution in [3.8, 4) is 11.5 Å². The maximum absolute atomic E-state index is 12.7. The number of carbonyl (C=O) groups excluding carboxylic acids is 2. The summed E-state index contributed by atoms with van der Waals surface area (Å²) in [7, 11) is 0. The smallest absolute Gasteiger partial charge is 0.237 e. The summed E-state index contributed by atoms with van der Waals surface area (Å²) >= 11 is 0. The molecule has 1 aliphatic heterocycles. The third kappa shape index (κ3) is 2.85. The fraction of sp³-hybridized carbons (Fsp3) is 0.250. The Balaban J connectivity index is 1.36. The molecule has 1 saturated carbocycles. The molecule has 140 valence electrons. The van der Waals surface area contributed by atoms with E-state index in [1.165, 1.54) is 4.90 Å². The molecule has 3 aromatic rings. The molecule has 3 aromatic carbocycles. The molecule has 2 atom stereocenters. The minimum atomic E-state index is -0.130. The molecule has 0 radical (unpaired) electrons. The van der Waals surface area contributed by atoms with Gasteiger partial charge in [-0.3, -0.25) is 14.5 Å². The molecule has 0 N–H and O–H groups in total. The molecule has 2 fully saturated rings. The lowest BCUT2D eigenvalue weighted by molar-refractivity contribution is -0.122. The lowest BCUT2D eigenvalue weighted by Gasteiger charge is -2.19. The number of nitrogens with zero attached hydrogens (tertiary/aromatic N) is 1. The summed E-state index contributed by atoms with van der Waals surface area (Å²) < 4.78 is 5.96. The Morgan fingerprint density at radius 2 is 1.32 bits per heavy atom. The summed E-state index contributed by atoms with van der Waals surface area (Å²) in [5, 5.41) is 2.28. The van der Waals surface area contributed by atoms with Crippen molar-refractivity contribution in [2.75, 3.05) is 4.90 Å². The molecular formula is C24H21NO3. The van der Waals surface area contributed by atoms with E-state index in [-0.39, 0.29) is 23.7 Å². The minimum Gasteiger partial charge on any atom is -0.457 e. The van der Waals surface area contributed by atoms with Gasteiger partial charge in [-0.15, -0.1) is 0 Å². The first-order valence-corrected chi connectivity index (χ1v) is 9.85. The Hall–Kier alpha value is -3.14. The first-order chi connectivity index (χ1) is 13.7. The van der Waals surface area contributed by atoms with Crippen molar-refractivity contribution in [2.24, 2.45) is 11.8 Å². The van der Waals surface area contributed by atoms with Gasteiger partial charge in [0.1, 0.15) is 11.5 Å². The van der Waals surface area contributed by atoms with Crippen LogP contribution in [0.3, 0.4) is 0 Å². The summed E-state index contributed by atoms with van der Waals surface area (Å²) in [5.41, 5.74) is 0.635. The molecule has 5 rings (SSSR count). The van der Waals surface area contributed by atoms with Crippen LogP contribution in [0, 0.1) is 11.8 Å². The second-order valence-corrected chi connectivity index (χ2v) is 7.61. The van der Waals surface area contributed by atoms with Crippen molar-refractivity contribution in [3.05, 3.63) is 66.7 Å². The number of fused-ring (bicyclic) bond motifs is 2. The molecule has 0 bridgehead atoms. The van der Waals surface area contributed by atoms with Crippen molar-refractivity contribution in [2.45, 2.75) is 25.7 Å². The van der Waals surface area contributed by atoms with Gasteiger partial charge in [-0.05, 0) is 60.0 Å². The highest BCUT2D eigenvalue weighted by Gasteiger charge is 2.48. The van der Waals surface area contributed by atoms with Gasteiger partial charge in [0.15, 0.2) is 0 Å². The minimum absolute atomic E-state index is 0.0436. The zero-order chi connectivity index (χ0) is 19.1. The van der Waals surface area contributed by atoms with Crippen LogP contribution in [0.2, 0.25) is 0 Å². The largest absolute Gasteiger partial charge is 0.457 e. The van der Waals surface area contributed by atoms with E-state index >= 15 is 0 Å². The molecular weight excluding hydrogens is 350 g/mol. The van der Waals surface area contributed by atoms with Crippen LogP contribution in [0.1, 0.15) is 25.7 Å². The van der Waals surface area contributed by atoms with Crippen molar-refractivity contribution in [1.82, 2.24) is 0 Å². The fourth-order valence-electron chi connectivity index (χ4n) is 4.45. The van der Waals surface area contributed by atoms with E-state index in [1.807, 2.05) is 42.5 Å². The number of benzene rings is 3. The van der Waals surface area contributed by atoms with Gasteiger partial charge < -0.3 is 4.74 Å². The van der Waals surface area contributed by atoms with Gasteiger partial charge >= 0.3 is 0 Å². The topological polar surface area (TPSA) is 46.6 Å². The first kappa shape index (κ1) is 17.0. The van der Waals surface area contributed by atoms with Gasteiger partial charge in [0.2, 0.25) is 11.8 Å². The van der Waals surface area contributed by atoms with Crippen LogP contribution in [-0.2, 0) is 9.59 Å². The molecule has 1 aliphatic carbocycles. The Bertz CT molecular complexity index is 1030. The maximum atomic E-state index is 12.7. The highest BCUT2D eigenvalue weighted by molar-refractivity contribution is 6.22. The van der Waals surface area contributed by atoms with Crippen molar-refractivity contribution >= 4 is 28.3 Å².